The van der Waals surface area contributed by atoms with E-state index in [9.17, 15) is 9.59 Å². The molecule has 1 N–H and O–H groups in total. The first kappa shape index (κ1) is 15.2. The Labute approximate surface area is 124 Å². The van der Waals surface area contributed by atoms with Gasteiger partial charge in [-0.3, -0.25) is 4.79 Å². The predicted molar refractivity (Wildman–Crippen MR) is 79.8 cm³/mol. The van der Waals surface area contributed by atoms with Crippen LogP contribution in [0, 0.1) is 10.8 Å². The van der Waals surface area contributed by atoms with Crippen molar-refractivity contribution in [1.29, 1.82) is 0 Å². The first-order chi connectivity index (χ1) is 9.76. The van der Waals surface area contributed by atoms with Crippen LogP contribution in [0.4, 0.5) is 4.79 Å². The number of nitrogens with zero attached hydrogens (tertiary/aromatic N) is 1. The Kier molecular flexibility index (Phi) is 3.85. The van der Waals surface area contributed by atoms with Gasteiger partial charge in [-0.05, 0) is 33.3 Å². The molecular weight excluding hydrogens is 268 g/mol. The lowest BCUT2D eigenvalue weighted by Gasteiger charge is -2.48. The molecule has 0 heterocycles. The van der Waals surface area contributed by atoms with Crippen molar-refractivity contribution in [2.75, 3.05) is 0 Å². The average Bonchev–Trinajstić information content (AvgIpc) is 2.45. The van der Waals surface area contributed by atoms with Crippen LogP contribution in [0.25, 0.3) is 0 Å². The highest BCUT2D eigenvalue weighted by Crippen LogP contribution is 2.46. The van der Waals surface area contributed by atoms with E-state index in [0.717, 1.165) is 5.56 Å². The SMILES string of the molecule is CC1(C)C(=O)C(C)(C)C1=NNC(=O)OCc1ccccc1. The molecule has 0 aromatic heterocycles. The van der Waals surface area contributed by atoms with Crippen molar-refractivity contribution in [3.05, 3.63) is 35.9 Å². The monoisotopic (exact) mass is 288 g/mol. The third-order valence-corrected chi connectivity index (χ3v) is 3.79. The molecular formula is C16H20N2O3. The maximum absolute atomic E-state index is 11.9. The Morgan fingerprint density at radius 1 is 1.14 bits per heavy atom. The second-order valence-electron chi connectivity index (χ2n) is 6.21. The average molecular weight is 288 g/mol. The van der Waals surface area contributed by atoms with Crippen molar-refractivity contribution in [1.82, 2.24) is 5.43 Å². The van der Waals surface area contributed by atoms with Gasteiger partial charge >= 0.3 is 6.09 Å². The number of amides is 1. The van der Waals surface area contributed by atoms with Gasteiger partial charge in [-0.2, -0.15) is 5.10 Å². The molecule has 5 nitrogen and oxygen atoms in total. The van der Waals surface area contributed by atoms with Crippen LogP contribution in [0.5, 0.6) is 0 Å². The molecule has 1 aliphatic rings. The van der Waals surface area contributed by atoms with E-state index in [4.69, 9.17) is 4.74 Å². The molecule has 5 heteroatoms. The highest BCUT2D eigenvalue weighted by molar-refractivity contribution is 6.31. The van der Waals surface area contributed by atoms with Crippen LogP contribution >= 0.6 is 0 Å². The number of ether oxygens (including phenoxy) is 1. The summed E-state index contributed by atoms with van der Waals surface area (Å²) in [6.45, 7) is 7.39. The van der Waals surface area contributed by atoms with Crippen LogP contribution in [0.3, 0.4) is 0 Å². The zero-order chi connectivity index (χ0) is 15.7. The highest BCUT2D eigenvalue weighted by atomic mass is 16.6. The lowest BCUT2D eigenvalue weighted by Crippen LogP contribution is -2.61. The van der Waals surface area contributed by atoms with E-state index >= 15 is 0 Å². The van der Waals surface area contributed by atoms with Gasteiger partial charge in [0.15, 0.2) is 5.78 Å². The van der Waals surface area contributed by atoms with E-state index < -0.39 is 16.9 Å². The predicted octanol–water partition coefficient (Wildman–Crippen LogP) is 2.90. The van der Waals surface area contributed by atoms with Crippen LogP contribution in [0.1, 0.15) is 33.3 Å². The number of hydrazone groups is 1. The minimum Gasteiger partial charge on any atom is -0.443 e. The van der Waals surface area contributed by atoms with Gasteiger partial charge in [0.2, 0.25) is 0 Å². The van der Waals surface area contributed by atoms with E-state index in [1.54, 1.807) is 27.7 Å². The van der Waals surface area contributed by atoms with Crippen molar-refractivity contribution >= 4 is 17.6 Å². The summed E-state index contributed by atoms with van der Waals surface area (Å²) in [5, 5.41) is 4.07. The van der Waals surface area contributed by atoms with Gasteiger partial charge in [0.05, 0.1) is 16.5 Å². The Hall–Kier alpha value is -2.17. The third-order valence-electron chi connectivity index (χ3n) is 3.79. The van der Waals surface area contributed by atoms with Crippen molar-refractivity contribution in [2.45, 2.75) is 34.3 Å². The van der Waals surface area contributed by atoms with Gasteiger partial charge in [-0.1, -0.05) is 30.3 Å². The van der Waals surface area contributed by atoms with Crippen molar-refractivity contribution < 1.29 is 14.3 Å². The van der Waals surface area contributed by atoms with Gasteiger partial charge in [-0.15, -0.1) is 0 Å². The number of Topliss-reactive ketones (excluding diaryl/α,β-unsaturated/α-hetero) is 1. The zero-order valence-corrected chi connectivity index (χ0v) is 12.8. The van der Waals surface area contributed by atoms with Gasteiger partial charge in [0, 0.05) is 0 Å². The smallest absolute Gasteiger partial charge is 0.428 e. The second kappa shape index (κ2) is 5.31. The number of carbonyl (C=O) groups is 2. The Balaban J connectivity index is 1.92. The molecule has 1 aliphatic carbocycles. The van der Waals surface area contributed by atoms with Gasteiger partial charge in [-0.25, -0.2) is 10.2 Å². The Morgan fingerprint density at radius 2 is 1.71 bits per heavy atom. The molecule has 1 aromatic rings. The van der Waals surface area contributed by atoms with Crippen LogP contribution in [-0.4, -0.2) is 17.6 Å². The highest BCUT2D eigenvalue weighted by Gasteiger charge is 2.59. The molecule has 1 aromatic carbocycles. The fourth-order valence-corrected chi connectivity index (χ4v) is 2.85. The Bertz CT molecular complexity index is 569. The summed E-state index contributed by atoms with van der Waals surface area (Å²) in [7, 11) is 0. The van der Waals surface area contributed by atoms with Crippen LogP contribution in [0.2, 0.25) is 0 Å². The van der Waals surface area contributed by atoms with Crippen molar-refractivity contribution in [2.24, 2.45) is 15.9 Å². The topological polar surface area (TPSA) is 67.8 Å². The van der Waals surface area contributed by atoms with Crippen LogP contribution in [-0.2, 0) is 16.1 Å². The number of hydrogen-bond donors (Lipinski definition) is 1. The fraction of sp³-hybridized carbons (Fsp3) is 0.438. The standard InChI is InChI=1S/C16H20N2O3/c1-15(2)12(16(3,4)13(15)19)17-18-14(20)21-10-11-8-6-5-7-9-11/h5-9H,10H2,1-4H3,(H,18,20). The molecule has 0 atom stereocenters. The quantitative estimate of drug-likeness (QED) is 0.870. The first-order valence-corrected chi connectivity index (χ1v) is 6.86. The number of benzene rings is 1. The first-order valence-electron chi connectivity index (χ1n) is 6.86. The maximum Gasteiger partial charge on any atom is 0.428 e. The van der Waals surface area contributed by atoms with Crippen molar-refractivity contribution in [3.63, 3.8) is 0 Å². The van der Waals surface area contributed by atoms with E-state index in [0.29, 0.717) is 5.71 Å². The minimum atomic E-state index is -0.629. The summed E-state index contributed by atoms with van der Waals surface area (Å²) < 4.78 is 5.07. The van der Waals surface area contributed by atoms with E-state index in [2.05, 4.69) is 10.5 Å². The molecule has 0 bridgehead atoms. The molecule has 0 spiro atoms. The largest absolute Gasteiger partial charge is 0.443 e. The molecule has 21 heavy (non-hydrogen) atoms. The van der Waals surface area contributed by atoms with Crippen molar-refractivity contribution in [3.8, 4) is 0 Å². The fourth-order valence-electron chi connectivity index (χ4n) is 2.85. The van der Waals surface area contributed by atoms with E-state index in [1.165, 1.54) is 0 Å². The summed E-state index contributed by atoms with van der Waals surface area (Å²) in [6.07, 6.45) is -0.627. The molecule has 0 radical (unpaired) electrons. The third kappa shape index (κ3) is 2.82. The van der Waals surface area contributed by atoms with Crippen LogP contribution < -0.4 is 5.43 Å². The lowest BCUT2D eigenvalue weighted by molar-refractivity contribution is -0.134. The van der Waals surface area contributed by atoms with Gasteiger partial charge in [0.25, 0.3) is 0 Å². The molecule has 0 unspecified atom stereocenters. The molecule has 1 fully saturated rings. The zero-order valence-electron chi connectivity index (χ0n) is 12.8. The summed E-state index contributed by atoms with van der Waals surface area (Å²) >= 11 is 0. The van der Waals surface area contributed by atoms with Crippen LogP contribution in [0.15, 0.2) is 35.4 Å². The lowest BCUT2D eigenvalue weighted by atomic mass is 9.53. The molecule has 0 aliphatic heterocycles. The molecule has 112 valence electrons. The normalized spacial score (nSPS) is 18.7. The molecule has 0 saturated heterocycles. The summed E-state index contributed by atoms with van der Waals surface area (Å²) in [6, 6.07) is 9.39. The second-order valence-corrected chi connectivity index (χ2v) is 6.21. The number of hydrogen-bond acceptors (Lipinski definition) is 4. The number of ketones is 1. The van der Waals surface area contributed by atoms with E-state index in [1.807, 2.05) is 30.3 Å². The maximum atomic E-state index is 11.9. The number of rotatable bonds is 3. The number of nitrogens with one attached hydrogen (secondary N) is 1. The molecule has 1 saturated carbocycles. The summed E-state index contributed by atoms with van der Waals surface area (Å²) in [4.78, 5) is 23.6. The summed E-state index contributed by atoms with van der Waals surface area (Å²) in [5.74, 6) is 0.119. The number of carbonyl (C=O) groups excluding carboxylic acids is 2. The van der Waals surface area contributed by atoms with Gasteiger partial charge < -0.3 is 4.74 Å². The molecule has 2 rings (SSSR count). The van der Waals surface area contributed by atoms with Gasteiger partial charge in [0.1, 0.15) is 6.61 Å². The summed E-state index contributed by atoms with van der Waals surface area (Å²) in [5.41, 5.74) is 2.67. The Morgan fingerprint density at radius 3 is 2.29 bits per heavy atom. The molecule has 1 amide bonds. The minimum absolute atomic E-state index is 0.119. The van der Waals surface area contributed by atoms with E-state index in [-0.39, 0.29) is 12.4 Å².